The Morgan fingerprint density at radius 1 is 1.24 bits per heavy atom. The van der Waals surface area contributed by atoms with Gasteiger partial charge in [0.05, 0.1) is 7.11 Å². The fourth-order valence-electron chi connectivity index (χ4n) is 1.54. The maximum Gasteiger partial charge on any atom is 0.305 e. The highest BCUT2D eigenvalue weighted by Crippen LogP contribution is 2.18. The summed E-state index contributed by atoms with van der Waals surface area (Å²) in [6.45, 7) is 1.71. The van der Waals surface area contributed by atoms with Crippen molar-refractivity contribution in [2.24, 2.45) is 5.92 Å². The minimum atomic E-state index is -1.22. The van der Waals surface area contributed by atoms with Crippen molar-refractivity contribution in [3.63, 3.8) is 0 Å². The highest BCUT2D eigenvalue weighted by atomic mass is 19.2. The second-order valence-corrected chi connectivity index (χ2v) is 3.95. The lowest BCUT2D eigenvalue weighted by Gasteiger charge is -2.11. The van der Waals surface area contributed by atoms with Crippen LogP contribution in [0.25, 0.3) is 0 Å². The van der Waals surface area contributed by atoms with Crippen molar-refractivity contribution < 1.29 is 22.7 Å². The molecule has 0 radical (unpaired) electrons. The standard InChI is InChI=1S/C12H13F3O2/c1-7(4-12(16)17-2)3-8-5-10(14)11(15)6-9(8)13/h5-7H,3-4H2,1-2H3. The summed E-state index contributed by atoms with van der Waals surface area (Å²) in [7, 11) is 1.26. The van der Waals surface area contributed by atoms with Gasteiger partial charge < -0.3 is 4.74 Å². The zero-order chi connectivity index (χ0) is 13.0. The second-order valence-electron chi connectivity index (χ2n) is 3.95. The van der Waals surface area contributed by atoms with E-state index in [0.717, 1.165) is 6.07 Å². The molecule has 5 heteroatoms. The summed E-state index contributed by atoms with van der Waals surface area (Å²) in [4.78, 5) is 11.0. The molecule has 0 saturated heterocycles. The molecule has 0 amide bonds. The summed E-state index contributed by atoms with van der Waals surface area (Å²) in [5, 5.41) is 0. The summed E-state index contributed by atoms with van der Waals surface area (Å²) >= 11 is 0. The Morgan fingerprint density at radius 3 is 2.41 bits per heavy atom. The first kappa shape index (κ1) is 13.5. The van der Waals surface area contributed by atoms with E-state index in [1.807, 2.05) is 0 Å². The molecule has 0 aliphatic rings. The van der Waals surface area contributed by atoms with Crippen molar-refractivity contribution in [1.29, 1.82) is 0 Å². The Hall–Kier alpha value is -1.52. The first-order valence-electron chi connectivity index (χ1n) is 5.14. The number of methoxy groups -OCH3 is 1. The van der Waals surface area contributed by atoms with Crippen LogP contribution in [0.1, 0.15) is 18.9 Å². The van der Waals surface area contributed by atoms with E-state index < -0.39 is 23.4 Å². The molecule has 0 heterocycles. The third-order valence-electron chi connectivity index (χ3n) is 2.40. The maximum absolute atomic E-state index is 13.3. The molecule has 1 rings (SSSR count). The van der Waals surface area contributed by atoms with Crippen LogP contribution in [-0.2, 0) is 16.0 Å². The number of rotatable bonds is 4. The van der Waals surface area contributed by atoms with Crippen molar-refractivity contribution in [1.82, 2.24) is 0 Å². The van der Waals surface area contributed by atoms with E-state index in [1.165, 1.54) is 7.11 Å². The maximum atomic E-state index is 13.3. The van der Waals surface area contributed by atoms with Crippen molar-refractivity contribution >= 4 is 5.97 Å². The molecule has 2 nitrogen and oxygen atoms in total. The fraction of sp³-hybridized carbons (Fsp3) is 0.417. The smallest absolute Gasteiger partial charge is 0.305 e. The van der Waals surface area contributed by atoms with Crippen LogP contribution >= 0.6 is 0 Å². The van der Waals surface area contributed by atoms with Gasteiger partial charge in [0.1, 0.15) is 5.82 Å². The molecule has 1 aromatic rings. The van der Waals surface area contributed by atoms with E-state index in [9.17, 15) is 18.0 Å². The number of halogens is 3. The molecule has 17 heavy (non-hydrogen) atoms. The van der Waals surface area contributed by atoms with Crippen molar-refractivity contribution in [3.05, 3.63) is 35.1 Å². The number of hydrogen-bond acceptors (Lipinski definition) is 2. The van der Waals surface area contributed by atoms with Gasteiger partial charge in [-0.25, -0.2) is 13.2 Å². The third-order valence-corrected chi connectivity index (χ3v) is 2.40. The van der Waals surface area contributed by atoms with Crippen molar-refractivity contribution in [2.75, 3.05) is 7.11 Å². The Balaban J connectivity index is 2.74. The van der Waals surface area contributed by atoms with Crippen LogP contribution in [0.15, 0.2) is 12.1 Å². The van der Waals surface area contributed by atoms with Crippen LogP contribution in [0.5, 0.6) is 0 Å². The van der Waals surface area contributed by atoms with E-state index in [0.29, 0.717) is 6.07 Å². The first-order valence-corrected chi connectivity index (χ1v) is 5.14. The van der Waals surface area contributed by atoms with Crippen LogP contribution in [0.4, 0.5) is 13.2 Å². The molecule has 0 bridgehead atoms. The highest BCUT2D eigenvalue weighted by molar-refractivity contribution is 5.69. The first-order chi connectivity index (χ1) is 7.93. The fourth-order valence-corrected chi connectivity index (χ4v) is 1.54. The summed E-state index contributed by atoms with van der Waals surface area (Å²) in [5.74, 6) is -3.73. The molecule has 0 spiro atoms. The van der Waals surface area contributed by atoms with Crippen molar-refractivity contribution in [3.8, 4) is 0 Å². The average Bonchev–Trinajstić information content (AvgIpc) is 2.25. The molecule has 94 valence electrons. The van der Waals surface area contributed by atoms with Crippen molar-refractivity contribution in [2.45, 2.75) is 19.8 Å². The molecular formula is C12H13F3O2. The number of carbonyl (C=O) groups excluding carboxylic acids is 1. The average molecular weight is 246 g/mol. The largest absolute Gasteiger partial charge is 0.469 e. The molecule has 1 unspecified atom stereocenters. The number of esters is 1. The summed E-state index contributed by atoms with van der Waals surface area (Å²) in [6.07, 6.45) is 0.257. The predicted octanol–water partition coefficient (Wildman–Crippen LogP) is 2.85. The zero-order valence-corrected chi connectivity index (χ0v) is 9.60. The number of carbonyl (C=O) groups is 1. The molecule has 1 atom stereocenters. The Kier molecular flexibility index (Phi) is 4.54. The topological polar surface area (TPSA) is 26.3 Å². The normalized spacial score (nSPS) is 12.3. The molecule has 0 aromatic heterocycles. The van der Waals surface area contributed by atoms with Gasteiger partial charge in [-0.1, -0.05) is 6.92 Å². The monoisotopic (exact) mass is 246 g/mol. The van der Waals surface area contributed by atoms with Gasteiger partial charge in [0.25, 0.3) is 0 Å². The van der Waals surface area contributed by atoms with E-state index in [4.69, 9.17) is 0 Å². The van der Waals surface area contributed by atoms with Crippen LogP contribution in [0.2, 0.25) is 0 Å². The van der Waals surface area contributed by atoms with Crippen LogP contribution in [0, 0.1) is 23.4 Å². The predicted molar refractivity (Wildman–Crippen MR) is 55.8 cm³/mol. The van der Waals surface area contributed by atoms with Gasteiger partial charge in [0.15, 0.2) is 11.6 Å². The molecule has 0 N–H and O–H groups in total. The zero-order valence-electron chi connectivity index (χ0n) is 9.60. The van der Waals surface area contributed by atoms with Gasteiger partial charge in [-0.05, 0) is 24.0 Å². The lowest BCUT2D eigenvalue weighted by Crippen LogP contribution is -2.10. The molecular weight excluding hydrogens is 233 g/mol. The Morgan fingerprint density at radius 2 is 1.82 bits per heavy atom. The molecule has 0 aliphatic heterocycles. The quantitative estimate of drug-likeness (QED) is 0.603. The van der Waals surface area contributed by atoms with Gasteiger partial charge >= 0.3 is 5.97 Å². The van der Waals surface area contributed by atoms with E-state index >= 15 is 0 Å². The van der Waals surface area contributed by atoms with Crippen LogP contribution < -0.4 is 0 Å². The highest BCUT2D eigenvalue weighted by Gasteiger charge is 2.15. The van der Waals surface area contributed by atoms with Gasteiger partial charge in [0.2, 0.25) is 0 Å². The lowest BCUT2D eigenvalue weighted by molar-refractivity contribution is -0.141. The van der Waals surface area contributed by atoms with E-state index in [2.05, 4.69) is 4.74 Å². The molecule has 0 fully saturated rings. The lowest BCUT2D eigenvalue weighted by atomic mass is 9.97. The molecule has 0 saturated carbocycles. The molecule has 1 aromatic carbocycles. The molecule has 0 aliphatic carbocycles. The van der Waals surface area contributed by atoms with Crippen LogP contribution in [0.3, 0.4) is 0 Å². The van der Waals surface area contributed by atoms with Gasteiger partial charge in [-0.15, -0.1) is 0 Å². The van der Waals surface area contributed by atoms with Gasteiger partial charge in [-0.3, -0.25) is 4.79 Å². The van der Waals surface area contributed by atoms with E-state index in [1.54, 1.807) is 6.92 Å². The van der Waals surface area contributed by atoms with E-state index in [-0.39, 0.29) is 24.3 Å². The summed E-state index contributed by atoms with van der Waals surface area (Å²) in [6, 6.07) is 1.33. The SMILES string of the molecule is COC(=O)CC(C)Cc1cc(F)c(F)cc1F. The van der Waals surface area contributed by atoms with Gasteiger partial charge in [0, 0.05) is 12.5 Å². The summed E-state index contributed by atoms with van der Waals surface area (Å²) < 4.78 is 43.3. The number of ether oxygens (including phenoxy) is 1. The minimum Gasteiger partial charge on any atom is -0.469 e. The van der Waals surface area contributed by atoms with Crippen LogP contribution in [-0.4, -0.2) is 13.1 Å². The Bertz CT molecular complexity index is 418. The number of hydrogen-bond donors (Lipinski definition) is 0. The second kappa shape index (κ2) is 5.70. The van der Waals surface area contributed by atoms with Gasteiger partial charge in [-0.2, -0.15) is 0 Å². The minimum absolute atomic E-state index is 0.0558. The Labute approximate surface area is 97.4 Å². The summed E-state index contributed by atoms with van der Waals surface area (Å²) in [5.41, 5.74) is 0.0558. The number of benzene rings is 1. The third kappa shape index (κ3) is 3.76.